The van der Waals surface area contributed by atoms with Gasteiger partial charge < -0.3 is 20.5 Å². The molecule has 1 fully saturated rings. The Labute approximate surface area is 168 Å². The molecule has 0 bridgehead atoms. The number of nitrogens with one attached hydrogen (secondary N) is 1. The molecule has 162 valence electrons. The molecule has 1 saturated carbocycles. The number of nitrogens with two attached hydrogens (primary N) is 1. The molecule has 0 aliphatic heterocycles. The molecule has 4 rings (SSSR count). The van der Waals surface area contributed by atoms with Crippen LogP contribution in [0, 0.1) is 0 Å². The molecule has 0 spiro atoms. The number of carboxylic acid groups (broad SMARTS) is 1. The average molecular weight is 426 g/mol. The van der Waals surface area contributed by atoms with Gasteiger partial charge in [0, 0.05) is 23.2 Å². The highest BCUT2D eigenvalue weighted by Crippen LogP contribution is 2.42. The fraction of sp³-hybridized carbons (Fsp3) is 0.444. The zero-order chi connectivity index (χ0) is 22.2. The zero-order valence-corrected chi connectivity index (χ0v) is 16.2. The monoisotopic (exact) mass is 426 g/mol. The molecule has 3 aromatic heterocycles. The molecule has 5 N–H and O–H groups in total. The van der Waals surface area contributed by atoms with E-state index in [1.54, 1.807) is 0 Å². The number of aliphatic hydroxyl groups excluding tert-OH is 1. The first-order valence-electron chi connectivity index (χ1n) is 9.16. The maximum absolute atomic E-state index is 10.6. The van der Waals surface area contributed by atoms with E-state index in [-0.39, 0.29) is 12.6 Å². The lowest BCUT2D eigenvalue weighted by atomic mass is 10.1. The minimum absolute atomic E-state index is 0.102. The van der Waals surface area contributed by atoms with Crippen molar-refractivity contribution in [1.82, 2.24) is 24.7 Å². The molecule has 0 saturated heterocycles. The third kappa shape index (κ3) is 4.08. The van der Waals surface area contributed by atoms with Crippen molar-refractivity contribution in [3.8, 4) is 11.3 Å². The minimum Gasteiger partial charge on any atom is -0.475 e. The number of aromatic amines is 1. The van der Waals surface area contributed by atoms with Gasteiger partial charge in [-0.2, -0.15) is 18.3 Å². The highest BCUT2D eigenvalue weighted by Gasteiger charge is 2.38. The zero-order valence-electron chi connectivity index (χ0n) is 16.2. The molecule has 0 amide bonds. The lowest BCUT2D eigenvalue weighted by molar-refractivity contribution is -0.192. The molecule has 9 nitrogen and oxygen atoms in total. The number of halogens is 3. The summed E-state index contributed by atoms with van der Waals surface area (Å²) in [5.41, 5.74) is 10.4. The number of fused-ring (bicyclic) bond motifs is 1. The molecule has 0 unspecified atom stereocenters. The summed E-state index contributed by atoms with van der Waals surface area (Å²) in [6, 6.07) is 2.20. The Morgan fingerprint density at radius 2 is 2.00 bits per heavy atom. The molecule has 12 heteroatoms. The number of nitrogens with zero attached hydrogens (tertiary/aromatic N) is 4. The van der Waals surface area contributed by atoms with Crippen LogP contribution in [0.2, 0.25) is 0 Å². The summed E-state index contributed by atoms with van der Waals surface area (Å²) in [5, 5.41) is 25.4. The second-order valence-corrected chi connectivity index (χ2v) is 7.19. The van der Waals surface area contributed by atoms with E-state index in [2.05, 4.69) is 40.1 Å². The van der Waals surface area contributed by atoms with E-state index < -0.39 is 12.1 Å². The smallest absolute Gasteiger partial charge is 0.475 e. The highest BCUT2D eigenvalue weighted by atomic mass is 19.4. The Hall–Kier alpha value is -3.15. The quantitative estimate of drug-likeness (QED) is 0.502. The number of hydrogen-bond acceptors (Lipinski definition) is 6. The number of aromatic nitrogens is 5. The van der Waals surface area contributed by atoms with Gasteiger partial charge in [0.05, 0.1) is 23.4 Å². The van der Waals surface area contributed by atoms with Crippen molar-refractivity contribution in [2.75, 3.05) is 5.73 Å². The summed E-state index contributed by atoms with van der Waals surface area (Å²) in [4.78, 5) is 17.4. The number of carbonyl (C=O) groups is 1. The van der Waals surface area contributed by atoms with E-state index in [1.165, 1.54) is 19.2 Å². The number of anilines is 1. The maximum atomic E-state index is 10.6. The van der Waals surface area contributed by atoms with E-state index in [9.17, 15) is 18.3 Å². The number of hydrogen-bond donors (Lipinski definition) is 4. The summed E-state index contributed by atoms with van der Waals surface area (Å²) in [6.07, 6.45) is -1.22. The summed E-state index contributed by atoms with van der Waals surface area (Å²) in [7, 11) is 0. The molecular weight excluding hydrogens is 405 g/mol. The lowest BCUT2D eigenvalue weighted by Gasteiger charge is -2.12. The molecular formula is C18H21F3N6O3. The molecule has 3 heterocycles. The molecule has 1 aliphatic carbocycles. The van der Waals surface area contributed by atoms with Crippen LogP contribution in [0.15, 0.2) is 12.4 Å². The Morgan fingerprint density at radius 1 is 1.37 bits per heavy atom. The molecule has 1 aliphatic rings. The van der Waals surface area contributed by atoms with Crippen LogP contribution in [0.1, 0.15) is 50.0 Å². The third-order valence-electron chi connectivity index (χ3n) is 4.69. The van der Waals surface area contributed by atoms with Gasteiger partial charge in [0.2, 0.25) is 0 Å². The molecule has 0 atom stereocenters. The van der Waals surface area contributed by atoms with Gasteiger partial charge in [-0.1, -0.05) is 0 Å². The van der Waals surface area contributed by atoms with E-state index in [4.69, 9.17) is 15.6 Å². The van der Waals surface area contributed by atoms with Gasteiger partial charge in [-0.25, -0.2) is 14.8 Å². The van der Waals surface area contributed by atoms with E-state index in [1.807, 2.05) is 4.57 Å². The summed E-state index contributed by atoms with van der Waals surface area (Å²) >= 11 is 0. The topological polar surface area (TPSA) is 143 Å². The van der Waals surface area contributed by atoms with Crippen molar-refractivity contribution in [3.05, 3.63) is 23.8 Å². The van der Waals surface area contributed by atoms with Gasteiger partial charge in [-0.05, 0) is 32.8 Å². The van der Waals surface area contributed by atoms with E-state index in [0.717, 1.165) is 33.7 Å². The summed E-state index contributed by atoms with van der Waals surface area (Å²) in [5.74, 6) is -1.76. The van der Waals surface area contributed by atoms with Crippen molar-refractivity contribution in [3.63, 3.8) is 0 Å². The molecule has 30 heavy (non-hydrogen) atoms. The second-order valence-electron chi connectivity index (χ2n) is 7.19. The number of carboxylic acids is 1. The number of aliphatic hydroxyl groups is 1. The normalized spacial score (nSPS) is 14.1. The number of alkyl halides is 3. The first-order valence-corrected chi connectivity index (χ1v) is 9.16. The SMILES string of the molecule is CC(C)n1c(CO)c(-c2cc(C3CC3)[nH]n2)c2c(N)ncnc21.O=C(O)C(F)(F)F. The van der Waals surface area contributed by atoms with Gasteiger partial charge in [0.15, 0.2) is 0 Å². The highest BCUT2D eigenvalue weighted by molar-refractivity contribution is 6.01. The van der Waals surface area contributed by atoms with E-state index in [0.29, 0.717) is 11.7 Å². The van der Waals surface area contributed by atoms with Crippen LogP contribution >= 0.6 is 0 Å². The van der Waals surface area contributed by atoms with Gasteiger partial charge in [0.25, 0.3) is 0 Å². The van der Waals surface area contributed by atoms with Crippen molar-refractivity contribution in [2.24, 2.45) is 0 Å². The van der Waals surface area contributed by atoms with Gasteiger partial charge in [0.1, 0.15) is 17.8 Å². The average Bonchev–Trinajstić information content (AvgIpc) is 3.28. The van der Waals surface area contributed by atoms with Gasteiger partial charge >= 0.3 is 12.1 Å². The second kappa shape index (κ2) is 7.94. The Bertz CT molecular complexity index is 1070. The predicted molar refractivity (Wildman–Crippen MR) is 101 cm³/mol. The van der Waals surface area contributed by atoms with Gasteiger partial charge in [-0.3, -0.25) is 5.10 Å². The van der Waals surface area contributed by atoms with E-state index >= 15 is 0 Å². The largest absolute Gasteiger partial charge is 0.490 e. The minimum atomic E-state index is -5.08. The Kier molecular flexibility index (Phi) is 5.70. The van der Waals surface area contributed by atoms with Crippen LogP contribution in [0.5, 0.6) is 0 Å². The van der Waals surface area contributed by atoms with Crippen LogP contribution < -0.4 is 5.73 Å². The van der Waals surface area contributed by atoms with Crippen LogP contribution in [0.4, 0.5) is 19.0 Å². The standard InChI is InChI=1S/C16H20N6O.C2HF3O2/c1-8(2)22-12(6-23)13(14-15(17)18-7-19-16(14)22)11-5-10(20-21-11)9-3-4-9;3-2(4,5)1(6)7/h5,7-9,23H,3-4,6H2,1-2H3,(H,20,21)(H2,17,18,19);(H,6,7). The summed E-state index contributed by atoms with van der Waals surface area (Å²) in [6.45, 7) is 4.01. The van der Waals surface area contributed by atoms with Crippen LogP contribution in [-0.4, -0.2) is 47.1 Å². The van der Waals surface area contributed by atoms with Crippen molar-refractivity contribution in [1.29, 1.82) is 0 Å². The Balaban J connectivity index is 0.000000318. The van der Waals surface area contributed by atoms with Crippen molar-refractivity contribution >= 4 is 22.8 Å². The first kappa shape index (κ1) is 21.6. The van der Waals surface area contributed by atoms with Crippen LogP contribution in [0.3, 0.4) is 0 Å². The number of rotatable bonds is 4. The molecule has 0 radical (unpaired) electrons. The third-order valence-corrected chi connectivity index (χ3v) is 4.69. The van der Waals surface area contributed by atoms with Crippen LogP contribution in [-0.2, 0) is 11.4 Å². The number of H-pyrrole nitrogens is 1. The molecule has 0 aromatic carbocycles. The number of nitrogen functional groups attached to an aromatic ring is 1. The lowest BCUT2D eigenvalue weighted by Crippen LogP contribution is -2.21. The van der Waals surface area contributed by atoms with Crippen molar-refractivity contribution in [2.45, 2.75) is 51.4 Å². The number of aliphatic carboxylic acids is 1. The first-order chi connectivity index (χ1) is 14.1. The van der Waals surface area contributed by atoms with Crippen LogP contribution in [0.25, 0.3) is 22.3 Å². The maximum Gasteiger partial charge on any atom is 0.490 e. The van der Waals surface area contributed by atoms with Gasteiger partial charge in [-0.15, -0.1) is 0 Å². The predicted octanol–water partition coefficient (Wildman–Crippen LogP) is 2.99. The van der Waals surface area contributed by atoms with Crippen molar-refractivity contribution < 1.29 is 28.2 Å². The fourth-order valence-corrected chi connectivity index (χ4v) is 3.26. The Morgan fingerprint density at radius 3 is 2.50 bits per heavy atom. The fourth-order valence-electron chi connectivity index (χ4n) is 3.26. The summed E-state index contributed by atoms with van der Waals surface area (Å²) < 4.78 is 33.7. The molecule has 3 aromatic rings.